The molecule has 1 saturated heterocycles. The smallest absolute Gasteiger partial charge is 0.205 e. The van der Waals surface area contributed by atoms with E-state index in [1.807, 2.05) is 0 Å². The largest absolute Gasteiger partial charge is 0.389 e. The lowest BCUT2D eigenvalue weighted by Crippen LogP contribution is -2.50. The number of aromatic nitrogens is 2. The first-order valence-corrected chi connectivity index (χ1v) is 5.32. The van der Waals surface area contributed by atoms with E-state index in [1.54, 1.807) is 0 Å². The van der Waals surface area contributed by atoms with Gasteiger partial charge < -0.3 is 10.0 Å². The Morgan fingerprint density at radius 3 is 3.00 bits per heavy atom. The molecule has 0 atom stereocenters. The second kappa shape index (κ2) is 3.59. The van der Waals surface area contributed by atoms with Crippen LogP contribution in [0.3, 0.4) is 0 Å². The maximum atomic E-state index is 9.10. The third-order valence-electron chi connectivity index (χ3n) is 2.06. The van der Waals surface area contributed by atoms with Crippen LogP contribution in [-0.4, -0.2) is 33.7 Å². The van der Waals surface area contributed by atoms with Gasteiger partial charge in [-0.25, -0.2) is 4.98 Å². The number of aryl methyl sites for hydroxylation is 1. The molecule has 0 bridgehead atoms. The lowest BCUT2D eigenvalue weighted by atomic mass is 10.2. The van der Waals surface area contributed by atoms with Crippen molar-refractivity contribution >= 4 is 16.7 Å². The van der Waals surface area contributed by atoms with Crippen molar-refractivity contribution in [2.45, 2.75) is 25.9 Å². The maximum absolute atomic E-state index is 9.10. The monoisotopic (exact) mass is 199 g/mol. The first-order valence-electron chi connectivity index (χ1n) is 4.55. The van der Waals surface area contributed by atoms with Crippen LogP contribution in [-0.2, 0) is 6.42 Å². The number of rotatable bonds is 3. The van der Waals surface area contributed by atoms with Crippen molar-refractivity contribution in [3.63, 3.8) is 0 Å². The lowest BCUT2D eigenvalue weighted by Gasteiger charge is -2.35. The van der Waals surface area contributed by atoms with Crippen LogP contribution in [0.1, 0.15) is 19.2 Å². The van der Waals surface area contributed by atoms with Gasteiger partial charge in [0.1, 0.15) is 5.82 Å². The van der Waals surface area contributed by atoms with Crippen LogP contribution < -0.4 is 4.90 Å². The van der Waals surface area contributed by atoms with Gasteiger partial charge in [-0.3, -0.25) is 0 Å². The maximum Gasteiger partial charge on any atom is 0.205 e. The Bertz CT molecular complexity index is 283. The molecule has 1 aromatic heterocycles. The van der Waals surface area contributed by atoms with Gasteiger partial charge in [0.05, 0.1) is 6.10 Å². The van der Waals surface area contributed by atoms with Crippen LogP contribution in [0.25, 0.3) is 0 Å². The fourth-order valence-electron chi connectivity index (χ4n) is 1.31. The Morgan fingerprint density at radius 1 is 1.62 bits per heavy atom. The number of β-amino-alcohol motifs (C(OH)–C–C–N with tert-alkyl or cyclic N) is 1. The predicted molar refractivity (Wildman–Crippen MR) is 52.1 cm³/mol. The second-order valence-corrected chi connectivity index (χ2v) is 4.03. The molecule has 1 fully saturated rings. The molecule has 0 amide bonds. The summed E-state index contributed by atoms with van der Waals surface area (Å²) >= 11 is 1.43. The normalized spacial score (nSPS) is 17.5. The average molecular weight is 199 g/mol. The molecule has 2 rings (SSSR count). The first kappa shape index (κ1) is 8.90. The minimum absolute atomic E-state index is 0.168. The number of anilines is 1. The molecule has 1 aliphatic heterocycles. The van der Waals surface area contributed by atoms with Crippen molar-refractivity contribution in [1.29, 1.82) is 0 Å². The van der Waals surface area contributed by atoms with Gasteiger partial charge in [-0.1, -0.05) is 6.92 Å². The van der Waals surface area contributed by atoms with Gasteiger partial charge in [0, 0.05) is 31.0 Å². The molecule has 1 N–H and O–H groups in total. The fourth-order valence-corrected chi connectivity index (χ4v) is 2.04. The Balaban J connectivity index is 1.97. The van der Waals surface area contributed by atoms with E-state index < -0.39 is 0 Å². The summed E-state index contributed by atoms with van der Waals surface area (Å²) in [6.07, 6.45) is 1.87. The molecule has 5 heteroatoms. The first-order chi connectivity index (χ1) is 6.29. The van der Waals surface area contributed by atoms with Crippen molar-refractivity contribution < 1.29 is 5.11 Å². The van der Waals surface area contributed by atoms with Crippen molar-refractivity contribution in [2.24, 2.45) is 0 Å². The summed E-state index contributed by atoms with van der Waals surface area (Å²) in [5, 5.41) is 10.1. The van der Waals surface area contributed by atoms with Crippen molar-refractivity contribution in [1.82, 2.24) is 9.36 Å². The summed E-state index contributed by atoms with van der Waals surface area (Å²) in [6, 6.07) is 0. The van der Waals surface area contributed by atoms with E-state index in [1.165, 1.54) is 11.5 Å². The molecule has 2 heterocycles. The summed E-state index contributed by atoms with van der Waals surface area (Å²) in [4.78, 5) is 6.44. The van der Waals surface area contributed by atoms with Gasteiger partial charge >= 0.3 is 0 Å². The van der Waals surface area contributed by atoms with E-state index in [2.05, 4.69) is 21.2 Å². The molecule has 4 nitrogen and oxygen atoms in total. The van der Waals surface area contributed by atoms with E-state index >= 15 is 0 Å². The van der Waals surface area contributed by atoms with Crippen LogP contribution in [0.5, 0.6) is 0 Å². The molecular formula is C8H13N3OS. The highest BCUT2D eigenvalue weighted by atomic mass is 32.1. The quantitative estimate of drug-likeness (QED) is 0.777. The van der Waals surface area contributed by atoms with Gasteiger partial charge in [-0.15, -0.1) is 0 Å². The van der Waals surface area contributed by atoms with E-state index in [4.69, 9.17) is 5.11 Å². The molecule has 0 spiro atoms. The van der Waals surface area contributed by atoms with Crippen molar-refractivity contribution in [3.8, 4) is 0 Å². The van der Waals surface area contributed by atoms with Crippen LogP contribution in [0.2, 0.25) is 0 Å². The molecule has 0 aliphatic carbocycles. The minimum Gasteiger partial charge on any atom is -0.389 e. The zero-order chi connectivity index (χ0) is 9.26. The van der Waals surface area contributed by atoms with Crippen LogP contribution in [0.4, 0.5) is 5.13 Å². The summed E-state index contributed by atoms with van der Waals surface area (Å²) in [5.74, 6) is 0.934. The molecule has 1 aliphatic rings. The third-order valence-corrected chi connectivity index (χ3v) is 2.88. The second-order valence-electron chi connectivity index (χ2n) is 3.30. The molecule has 13 heavy (non-hydrogen) atoms. The summed E-state index contributed by atoms with van der Waals surface area (Å²) in [6.45, 7) is 3.54. The molecule has 0 saturated carbocycles. The van der Waals surface area contributed by atoms with Crippen molar-refractivity contribution in [2.75, 3.05) is 18.0 Å². The summed E-state index contributed by atoms with van der Waals surface area (Å²) in [5.41, 5.74) is 0. The van der Waals surface area contributed by atoms with Crippen LogP contribution in [0, 0.1) is 0 Å². The lowest BCUT2D eigenvalue weighted by molar-refractivity contribution is 0.142. The van der Waals surface area contributed by atoms with E-state index in [0.29, 0.717) is 13.1 Å². The minimum atomic E-state index is -0.168. The third kappa shape index (κ3) is 1.81. The topological polar surface area (TPSA) is 49.2 Å². The van der Waals surface area contributed by atoms with Gasteiger partial charge in [-0.2, -0.15) is 4.37 Å². The molecular weight excluding hydrogens is 186 g/mol. The predicted octanol–water partition coefficient (Wildman–Crippen LogP) is 0.671. The summed E-state index contributed by atoms with van der Waals surface area (Å²) < 4.78 is 4.24. The standard InChI is InChI=1S/C8H13N3OS/c1-2-3-7-9-8(13-10-7)11-4-6(12)5-11/h6,12H,2-5H2,1H3. The number of hydrogen-bond donors (Lipinski definition) is 1. The number of aliphatic hydroxyl groups is 1. The van der Waals surface area contributed by atoms with Gasteiger partial charge in [0.15, 0.2) is 0 Å². The molecule has 72 valence electrons. The Morgan fingerprint density at radius 2 is 2.38 bits per heavy atom. The van der Waals surface area contributed by atoms with Crippen LogP contribution in [0.15, 0.2) is 0 Å². The Labute approximate surface area is 81.4 Å². The SMILES string of the molecule is CCCc1nsc(N2CC(O)C2)n1. The van der Waals surface area contributed by atoms with Crippen molar-refractivity contribution in [3.05, 3.63) is 5.82 Å². The van der Waals surface area contributed by atoms with Gasteiger partial charge in [0.2, 0.25) is 5.13 Å². The van der Waals surface area contributed by atoms with E-state index in [9.17, 15) is 0 Å². The van der Waals surface area contributed by atoms with Crippen LogP contribution >= 0.6 is 11.5 Å². The number of hydrogen-bond acceptors (Lipinski definition) is 5. The highest BCUT2D eigenvalue weighted by molar-refractivity contribution is 7.09. The van der Waals surface area contributed by atoms with Gasteiger partial charge in [-0.05, 0) is 6.42 Å². The number of aliphatic hydroxyl groups excluding tert-OH is 1. The Hall–Kier alpha value is -0.680. The van der Waals surface area contributed by atoms with E-state index in [-0.39, 0.29) is 6.10 Å². The van der Waals surface area contributed by atoms with Gasteiger partial charge in [0.25, 0.3) is 0 Å². The highest BCUT2D eigenvalue weighted by Gasteiger charge is 2.26. The number of nitrogens with zero attached hydrogens (tertiary/aromatic N) is 3. The Kier molecular flexibility index (Phi) is 2.46. The molecule has 0 radical (unpaired) electrons. The summed E-state index contributed by atoms with van der Waals surface area (Å²) in [7, 11) is 0. The zero-order valence-electron chi connectivity index (χ0n) is 7.60. The molecule has 0 unspecified atom stereocenters. The zero-order valence-corrected chi connectivity index (χ0v) is 8.42. The molecule has 1 aromatic rings. The fraction of sp³-hybridized carbons (Fsp3) is 0.750. The highest BCUT2D eigenvalue weighted by Crippen LogP contribution is 2.22. The average Bonchev–Trinajstić information content (AvgIpc) is 2.48. The molecule has 0 aromatic carbocycles. The van der Waals surface area contributed by atoms with E-state index in [0.717, 1.165) is 23.8 Å².